The molecule has 2 heterocycles. The van der Waals surface area contributed by atoms with Crippen LogP contribution in [0, 0.1) is 22.7 Å². The first kappa shape index (κ1) is 24.4. The summed E-state index contributed by atoms with van der Waals surface area (Å²) in [7, 11) is 0. The van der Waals surface area contributed by atoms with E-state index >= 15 is 0 Å². The number of thiophene rings is 1. The van der Waals surface area contributed by atoms with Crippen molar-refractivity contribution in [3.63, 3.8) is 0 Å². The van der Waals surface area contributed by atoms with Gasteiger partial charge in [-0.3, -0.25) is 4.79 Å². The van der Waals surface area contributed by atoms with Crippen LogP contribution in [0.2, 0.25) is 0 Å². The van der Waals surface area contributed by atoms with Crippen LogP contribution in [0.4, 0.5) is 17.1 Å². The predicted molar refractivity (Wildman–Crippen MR) is 163 cm³/mol. The molecule has 0 saturated carbocycles. The summed E-state index contributed by atoms with van der Waals surface area (Å²) in [6.45, 7) is 0. The minimum Gasteiger partial charge on any atom is -0.455 e. The van der Waals surface area contributed by atoms with Gasteiger partial charge in [-0.2, -0.15) is 10.5 Å². The molecule has 192 valence electrons. The summed E-state index contributed by atoms with van der Waals surface area (Å²) in [6.07, 6.45) is 1.76. The minimum atomic E-state index is -0.194. The maximum atomic E-state index is 13.3. The summed E-state index contributed by atoms with van der Waals surface area (Å²) in [5.74, 6) is -0.194. The second-order valence-electron chi connectivity index (χ2n) is 9.54. The number of nitriles is 2. The van der Waals surface area contributed by atoms with Crippen LogP contribution in [0.3, 0.4) is 0 Å². The van der Waals surface area contributed by atoms with Gasteiger partial charge in [0.15, 0.2) is 5.78 Å². The zero-order chi connectivity index (χ0) is 27.9. The molecule has 1 aliphatic carbocycles. The van der Waals surface area contributed by atoms with E-state index in [1.807, 2.05) is 60.7 Å². The number of fused-ring (bicyclic) bond motifs is 4. The van der Waals surface area contributed by atoms with Gasteiger partial charge in [-0.1, -0.05) is 60.7 Å². The van der Waals surface area contributed by atoms with E-state index in [9.17, 15) is 15.3 Å². The average molecular weight is 546 g/mol. The Morgan fingerprint density at radius 1 is 0.732 bits per heavy atom. The molecule has 5 nitrogen and oxygen atoms in total. The fraction of sp³-hybridized carbons (Fsp3) is 0. The molecule has 0 radical (unpaired) electrons. The molecule has 7 rings (SSSR count). The quantitative estimate of drug-likeness (QED) is 0.163. The lowest BCUT2D eigenvalue weighted by Gasteiger charge is -2.25. The monoisotopic (exact) mass is 545 g/mol. The van der Waals surface area contributed by atoms with E-state index in [1.54, 1.807) is 30.3 Å². The molecule has 0 bridgehead atoms. The number of benzene rings is 4. The molecular formula is C35H19N3O2S. The lowest BCUT2D eigenvalue weighted by atomic mass is 9.99. The van der Waals surface area contributed by atoms with E-state index in [4.69, 9.17) is 4.42 Å². The first-order valence-electron chi connectivity index (χ1n) is 12.9. The van der Waals surface area contributed by atoms with Gasteiger partial charge >= 0.3 is 0 Å². The van der Waals surface area contributed by atoms with Crippen molar-refractivity contribution in [2.45, 2.75) is 0 Å². The Balaban J connectivity index is 1.32. The maximum Gasteiger partial charge on any atom is 0.194 e. The predicted octanol–water partition coefficient (Wildman–Crippen LogP) is 9.20. The van der Waals surface area contributed by atoms with Gasteiger partial charge in [0.2, 0.25) is 0 Å². The highest BCUT2D eigenvalue weighted by Crippen LogP contribution is 2.43. The van der Waals surface area contributed by atoms with E-state index < -0.39 is 0 Å². The van der Waals surface area contributed by atoms with Crippen LogP contribution >= 0.6 is 11.3 Å². The van der Waals surface area contributed by atoms with Crippen molar-refractivity contribution in [2.24, 2.45) is 0 Å². The molecule has 0 amide bonds. The fourth-order valence-electron chi connectivity index (χ4n) is 5.36. The molecule has 2 aromatic heterocycles. The van der Waals surface area contributed by atoms with E-state index in [2.05, 4.69) is 41.3 Å². The number of ketones is 1. The summed E-state index contributed by atoms with van der Waals surface area (Å²) in [4.78, 5) is 16.3. The molecule has 0 N–H and O–H groups in total. The first-order chi connectivity index (χ1) is 20.2. The number of hydrogen-bond donors (Lipinski definition) is 0. The van der Waals surface area contributed by atoms with E-state index in [0.29, 0.717) is 27.9 Å². The molecule has 6 heteroatoms. The van der Waals surface area contributed by atoms with E-state index in [-0.39, 0.29) is 11.4 Å². The summed E-state index contributed by atoms with van der Waals surface area (Å²) in [5.41, 5.74) is 6.31. The highest BCUT2D eigenvalue weighted by molar-refractivity contribution is 7.20. The number of hydrogen-bond acceptors (Lipinski definition) is 6. The number of rotatable bonds is 4. The number of furan rings is 1. The standard InChI is InChI=1S/C35H19N3O2S/c36-20-22(21-37)33-27-13-7-8-14-28(27)34(39)30(33)18-26-19-32-35(41-26)29-16-15-25(17-31(29)40-32)38(23-9-3-1-4-10-23)24-11-5-2-6-12-24/h1-19H/b30-18-. The SMILES string of the molecule is N#CC(C#N)=C1/C(=C/c2cc3oc4cc(N(c5ccccc5)c5ccccc5)ccc4c3s2)C(=O)c2ccccc21. The lowest BCUT2D eigenvalue weighted by molar-refractivity contribution is 0.104. The highest BCUT2D eigenvalue weighted by Gasteiger charge is 2.32. The van der Waals surface area contributed by atoms with Gasteiger partial charge in [-0.25, -0.2) is 0 Å². The van der Waals surface area contributed by atoms with Crippen LogP contribution in [-0.2, 0) is 0 Å². The van der Waals surface area contributed by atoms with Gasteiger partial charge in [0.05, 0.1) is 4.70 Å². The Hall–Kier alpha value is -5.69. The molecule has 0 aliphatic heterocycles. The third-order valence-corrected chi connectivity index (χ3v) is 8.25. The van der Waals surface area contributed by atoms with Gasteiger partial charge < -0.3 is 9.32 Å². The zero-order valence-electron chi connectivity index (χ0n) is 21.5. The Labute approximate surface area is 239 Å². The summed E-state index contributed by atoms with van der Waals surface area (Å²) < 4.78 is 7.29. The first-order valence-corrected chi connectivity index (χ1v) is 13.7. The number of carbonyl (C=O) groups is 1. The molecule has 0 spiro atoms. The second kappa shape index (κ2) is 9.81. The molecule has 1 aliphatic rings. The fourth-order valence-corrected chi connectivity index (χ4v) is 6.42. The summed E-state index contributed by atoms with van der Waals surface area (Å²) >= 11 is 1.51. The van der Waals surface area contributed by atoms with Crippen molar-refractivity contribution in [1.82, 2.24) is 0 Å². The second-order valence-corrected chi connectivity index (χ2v) is 10.6. The van der Waals surface area contributed by atoms with Crippen molar-refractivity contribution in [3.05, 3.63) is 136 Å². The van der Waals surface area contributed by atoms with Gasteiger partial charge in [0, 0.05) is 50.1 Å². The number of carbonyl (C=O) groups excluding carboxylic acids is 1. The van der Waals surface area contributed by atoms with Crippen molar-refractivity contribution in [1.29, 1.82) is 10.5 Å². The van der Waals surface area contributed by atoms with Crippen LogP contribution in [0.1, 0.15) is 20.8 Å². The van der Waals surface area contributed by atoms with Gasteiger partial charge in [-0.05, 0) is 54.1 Å². The zero-order valence-corrected chi connectivity index (χ0v) is 22.4. The third-order valence-electron chi connectivity index (χ3n) is 7.15. The van der Waals surface area contributed by atoms with Crippen LogP contribution in [0.25, 0.3) is 32.9 Å². The van der Waals surface area contributed by atoms with Gasteiger partial charge in [-0.15, -0.1) is 11.3 Å². The number of anilines is 3. The largest absolute Gasteiger partial charge is 0.455 e. The van der Waals surface area contributed by atoms with Crippen LogP contribution < -0.4 is 4.90 Å². The molecule has 0 saturated heterocycles. The van der Waals surface area contributed by atoms with Gasteiger partial charge in [0.1, 0.15) is 28.9 Å². The third kappa shape index (κ3) is 4.03. The smallest absolute Gasteiger partial charge is 0.194 e. The van der Waals surface area contributed by atoms with Crippen molar-refractivity contribution in [3.8, 4) is 12.1 Å². The Morgan fingerprint density at radius 2 is 1.37 bits per heavy atom. The molecule has 4 aromatic carbocycles. The minimum absolute atomic E-state index is 0.0749. The average Bonchev–Trinajstić information content (AvgIpc) is 3.65. The summed E-state index contributed by atoms with van der Waals surface area (Å²) in [6, 6.07) is 39.5. The normalized spacial score (nSPS) is 13.4. The van der Waals surface area contributed by atoms with Gasteiger partial charge in [0.25, 0.3) is 0 Å². The topological polar surface area (TPSA) is 81.0 Å². The molecular weight excluding hydrogens is 526 g/mol. The molecule has 6 aromatic rings. The lowest BCUT2D eigenvalue weighted by Crippen LogP contribution is -2.09. The molecule has 0 fully saturated rings. The van der Waals surface area contributed by atoms with Crippen molar-refractivity contribution < 1.29 is 9.21 Å². The number of Topliss-reactive ketones (excluding diaryl/α,β-unsaturated/α-hetero) is 1. The van der Waals surface area contributed by atoms with Crippen molar-refractivity contribution in [2.75, 3.05) is 4.90 Å². The molecule has 41 heavy (non-hydrogen) atoms. The van der Waals surface area contributed by atoms with Crippen LogP contribution in [-0.4, -0.2) is 5.78 Å². The number of para-hydroxylation sites is 2. The van der Waals surface area contributed by atoms with Crippen LogP contribution in [0.5, 0.6) is 0 Å². The van der Waals surface area contributed by atoms with E-state index in [1.165, 1.54) is 11.3 Å². The molecule has 0 atom stereocenters. The molecule has 0 unspecified atom stereocenters. The maximum absolute atomic E-state index is 13.3. The van der Waals surface area contributed by atoms with Crippen LogP contribution in [0.15, 0.2) is 125 Å². The summed E-state index contributed by atoms with van der Waals surface area (Å²) in [5, 5.41) is 20.2. The van der Waals surface area contributed by atoms with Crippen molar-refractivity contribution >= 4 is 67.1 Å². The number of allylic oxidation sites excluding steroid dienone is 3. The highest BCUT2D eigenvalue weighted by atomic mass is 32.1. The Kier molecular flexibility index (Phi) is 5.83. The Bertz CT molecular complexity index is 2080. The number of nitrogens with zero attached hydrogens (tertiary/aromatic N) is 3. The Morgan fingerprint density at radius 3 is 2.02 bits per heavy atom. The van der Waals surface area contributed by atoms with E-state index in [0.717, 1.165) is 37.6 Å².